The molecule has 0 saturated carbocycles. The number of anilines is 1. The van der Waals surface area contributed by atoms with E-state index < -0.39 is 0 Å². The standard InChI is InChI=1S/C16H23NO2/c1-3-4-5-6-13(2)14-7-9-15(10-8-14)17-11-12-19-16(17)18/h7-10,13H,3-6,11-12H2,1-2H3. The van der Waals surface area contributed by atoms with Crippen LogP contribution in [0.3, 0.4) is 0 Å². The second-order valence-corrected chi connectivity index (χ2v) is 5.25. The topological polar surface area (TPSA) is 29.5 Å². The van der Waals surface area contributed by atoms with Crippen molar-refractivity contribution >= 4 is 11.8 Å². The molecule has 0 radical (unpaired) electrons. The number of ether oxygens (including phenoxy) is 1. The molecule has 1 aliphatic rings. The van der Waals surface area contributed by atoms with Gasteiger partial charge in [-0.25, -0.2) is 4.79 Å². The molecule has 3 nitrogen and oxygen atoms in total. The Labute approximate surface area is 115 Å². The third kappa shape index (κ3) is 3.49. The predicted octanol–water partition coefficient (Wildman–Crippen LogP) is 4.33. The first-order valence-electron chi connectivity index (χ1n) is 7.26. The summed E-state index contributed by atoms with van der Waals surface area (Å²) < 4.78 is 4.95. The molecule has 1 aromatic rings. The number of rotatable bonds is 6. The first kappa shape index (κ1) is 13.9. The molecule has 0 N–H and O–H groups in total. The van der Waals surface area contributed by atoms with Crippen molar-refractivity contribution < 1.29 is 9.53 Å². The molecule has 2 rings (SSSR count). The highest BCUT2D eigenvalue weighted by atomic mass is 16.6. The van der Waals surface area contributed by atoms with Crippen molar-refractivity contribution in [2.75, 3.05) is 18.1 Å². The molecule has 1 fully saturated rings. The number of amides is 1. The van der Waals surface area contributed by atoms with E-state index in [4.69, 9.17) is 4.74 Å². The van der Waals surface area contributed by atoms with Gasteiger partial charge in [-0.15, -0.1) is 0 Å². The normalized spacial score (nSPS) is 16.5. The van der Waals surface area contributed by atoms with E-state index in [0.29, 0.717) is 19.1 Å². The Hall–Kier alpha value is -1.51. The number of hydrogen-bond acceptors (Lipinski definition) is 2. The van der Waals surface area contributed by atoms with Crippen LogP contribution in [0.15, 0.2) is 24.3 Å². The zero-order valence-electron chi connectivity index (χ0n) is 11.9. The summed E-state index contributed by atoms with van der Waals surface area (Å²) in [4.78, 5) is 13.2. The Bertz CT molecular complexity index is 413. The van der Waals surface area contributed by atoms with Gasteiger partial charge in [-0.3, -0.25) is 4.90 Å². The van der Waals surface area contributed by atoms with E-state index >= 15 is 0 Å². The lowest BCUT2D eigenvalue weighted by Gasteiger charge is -2.15. The number of hydrogen-bond donors (Lipinski definition) is 0. The fourth-order valence-electron chi connectivity index (χ4n) is 2.48. The minimum absolute atomic E-state index is 0.233. The number of cyclic esters (lactones) is 1. The van der Waals surface area contributed by atoms with Crippen molar-refractivity contribution in [3.8, 4) is 0 Å². The smallest absolute Gasteiger partial charge is 0.414 e. The molecule has 0 spiro atoms. The monoisotopic (exact) mass is 261 g/mol. The highest BCUT2D eigenvalue weighted by molar-refractivity contribution is 5.89. The number of carbonyl (C=O) groups excluding carboxylic acids is 1. The second-order valence-electron chi connectivity index (χ2n) is 5.25. The van der Waals surface area contributed by atoms with Crippen LogP contribution in [0.4, 0.5) is 10.5 Å². The van der Waals surface area contributed by atoms with Crippen LogP contribution < -0.4 is 4.90 Å². The number of carbonyl (C=O) groups is 1. The fraction of sp³-hybridized carbons (Fsp3) is 0.562. The molecule has 1 heterocycles. The zero-order valence-corrected chi connectivity index (χ0v) is 11.9. The van der Waals surface area contributed by atoms with Gasteiger partial charge in [-0.1, -0.05) is 45.2 Å². The lowest BCUT2D eigenvalue weighted by molar-refractivity contribution is 0.181. The van der Waals surface area contributed by atoms with Gasteiger partial charge in [0.05, 0.1) is 6.54 Å². The summed E-state index contributed by atoms with van der Waals surface area (Å²) in [6.45, 7) is 5.65. The summed E-state index contributed by atoms with van der Waals surface area (Å²) >= 11 is 0. The minimum Gasteiger partial charge on any atom is -0.447 e. The maximum Gasteiger partial charge on any atom is 0.414 e. The molecule has 0 aliphatic carbocycles. The zero-order chi connectivity index (χ0) is 13.7. The highest BCUT2D eigenvalue weighted by Gasteiger charge is 2.23. The van der Waals surface area contributed by atoms with Gasteiger partial charge in [0.25, 0.3) is 0 Å². The highest BCUT2D eigenvalue weighted by Crippen LogP contribution is 2.25. The van der Waals surface area contributed by atoms with Gasteiger partial charge < -0.3 is 4.74 Å². The third-order valence-corrected chi connectivity index (χ3v) is 3.78. The molecule has 1 saturated heterocycles. The van der Waals surface area contributed by atoms with E-state index in [1.807, 2.05) is 12.1 Å². The van der Waals surface area contributed by atoms with Crippen LogP contribution in [0.25, 0.3) is 0 Å². The fourth-order valence-corrected chi connectivity index (χ4v) is 2.48. The summed E-state index contributed by atoms with van der Waals surface area (Å²) in [6, 6.07) is 8.32. The first-order valence-corrected chi connectivity index (χ1v) is 7.26. The summed E-state index contributed by atoms with van der Waals surface area (Å²) in [5, 5.41) is 0. The van der Waals surface area contributed by atoms with Gasteiger partial charge in [0.2, 0.25) is 0 Å². The van der Waals surface area contributed by atoms with Gasteiger partial charge >= 0.3 is 6.09 Å². The first-order chi connectivity index (χ1) is 9.22. The van der Waals surface area contributed by atoms with Crippen molar-refractivity contribution in [3.05, 3.63) is 29.8 Å². The van der Waals surface area contributed by atoms with Crippen molar-refractivity contribution in [1.29, 1.82) is 0 Å². The SMILES string of the molecule is CCCCCC(C)c1ccc(N2CCOC2=O)cc1. The molecular weight excluding hydrogens is 238 g/mol. The summed E-state index contributed by atoms with van der Waals surface area (Å²) in [5.74, 6) is 0.589. The van der Waals surface area contributed by atoms with Gasteiger partial charge in [0.1, 0.15) is 6.61 Å². The van der Waals surface area contributed by atoms with Crippen LogP contribution in [0.2, 0.25) is 0 Å². The number of unbranched alkanes of at least 4 members (excludes halogenated alkanes) is 2. The van der Waals surface area contributed by atoms with E-state index in [-0.39, 0.29) is 6.09 Å². The van der Waals surface area contributed by atoms with E-state index in [9.17, 15) is 4.79 Å². The van der Waals surface area contributed by atoms with Crippen LogP contribution in [-0.2, 0) is 4.74 Å². The Morgan fingerprint density at radius 1 is 1.26 bits per heavy atom. The van der Waals surface area contributed by atoms with Gasteiger partial charge in [0, 0.05) is 5.69 Å². The van der Waals surface area contributed by atoms with Crippen LogP contribution in [0.5, 0.6) is 0 Å². The van der Waals surface area contributed by atoms with Crippen molar-refractivity contribution in [3.63, 3.8) is 0 Å². The second kappa shape index (κ2) is 6.60. The Morgan fingerprint density at radius 2 is 2.00 bits per heavy atom. The molecule has 0 aromatic heterocycles. The van der Waals surface area contributed by atoms with E-state index in [0.717, 1.165) is 5.69 Å². The molecule has 1 amide bonds. The number of benzene rings is 1. The number of nitrogens with zero attached hydrogens (tertiary/aromatic N) is 1. The van der Waals surface area contributed by atoms with E-state index in [2.05, 4.69) is 26.0 Å². The van der Waals surface area contributed by atoms with Gasteiger partial charge in [-0.2, -0.15) is 0 Å². The quantitative estimate of drug-likeness (QED) is 0.713. The molecule has 3 heteroatoms. The Morgan fingerprint density at radius 3 is 2.58 bits per heavy atom. The summed E-state index contributed by atoms with van der Waals surface area (Å²) in [5.41, 5.74) is 2.29. The van der Waals surface area contributed by atoms with Crippen LogP contribution in [0, 0.1) is 0 Å². The van der Waals surface area contributed by atoms with Crippen LogP contribution >= 0.6 is 0 Å². The van der Waals surface area contributed by atoms with Crippen molar-refractivity contribution in [1.82, 2.24) is 0 Å². The van der Waals surface area contributed by atoms with E-state index in [1.165, 1.54) is 31.2 Å². The average molecular weight is 261 g/mol. The van der Waals surface area contributed by atoms with E-state index in [1.54, 1.807) is 4.90 Å². The molecule has 1 aliphatic heterocycles. The summed E-state index contributed by atoms with van der Waals surface area (Å²) in [7, 11) is 0. The largest absolute Gasteiger partial charge is 0.447 e. The summed E-state index contributed by atoms with van der Waals surface area (Å²) in [6.07, 6.45) is 4.87. The molecule has 1 aromatic carbocycles. The lowest BCUT2D eigenvalue weighted by atomic mass is 9.95. The minimum atomic E-state index is -0.233. The van der Waals surface area contributed by atoms with Gasteiger partial charge in [-0.05, 0) is 30.0 Å². The molecule has 0 bridgehead atoms. The van der Waals surface area contributed by atoms with Crippen molar-refractivity contribution in [2.24, 2.45) is 0 Å². The van der Waals surface area contributed by atoms with Crippen LogP contribution in [-0.4, -0.2) is 19.2 Å². The maximum atomic E-state index is 11.5. The molecule has 1 unspecified atom stereocenters. The molecule has 1 atom stereocenters. The maximum absolute atomic E-state index is 11.5. The lowest BCUT2D eigenvalue weighted by Crippen LogP contribution is -2.23. The molecular formula is C16H23NO2. The van der Waals surface area contributed by atoms with Crippen LogP contribution in [0.1, 0.15) is 51.0 Å². The molecule has 19 heavy (non-hydrogen) atoms. The predicted molar refractivity (Wildman–Crippen MR) is 77.7 cm³/mol. The third-order valence-electron chi connectivity index (χ3n) is 3.78. The van der Waals surface area contributed by atoms with Crippen molar-refractivity contribution in [2.45, 2.75) is 45.4 Å². The Balaban J connectivity index is 1.95. The molecule has 104 valence electrons. The Kier molecular flexibility index (Phi) is 4.83. The van der Waals surface area contributed by atoms with Gasteiger partial charge in [0.15, 0.2) is 0 Å². The average Bonchev–Trinajstić information content (AvgIpc) is 2.85.